The SMILES string of the molecule is Fc1cc2c(Br)cnnc2n1P. The number of nitrogens with zero attached hydrogens (tertiary/aromatic N) is 3. The molecule has 0 aliphatic rings. The van der Waals surface area contributed by atoms with E-state index in [0.717, 1.165) is 9.86 Å². The number of rotatable bonds is 0. The average molecular weight is 248 g/mol. The van der Waals surface area contributed by atoms with Crippen molar-refractivity contribution in [3.8, 4) is 0 Å². The molecule has 0 fully saturated rings. The van der Waals surface area contributed by atoms with E-state index in [9.17, 15) is 4.39 Å². The summed E-state index contributed by atoms with van der Waals surface area (Å²) in [4.78, 5) is 0. The molecule has 1 unspecified atom stereocenters. The summed E-state index contributed by atoms with van der Waals surface area (Å²) in [6.07, 6.45) is 1.53. The molecular formula is C6H4BrFN3P. The van der Waals surface area contributed by atoms with Crippen LogP contribution in [0.2, 0.25) is 0 Å². The number of hydrogen-bond donors (Lipinski definition) is 0. The first-order chi connectivity index (χ1) is 5.70. The first-order valence-electron chi connectivity index (χ1n) is 3.13. The van der Waals surface area contributed by atoms with Crippen molar-refractivity contribution in [2.75, 3.05) is 0 Å². The maximum absolute atomic E-state index is 13.0. The Labute approximate surface area is 78.4 Å². The highest BCUT2D eigenvalue weighted by Crippen LogP contribution is 2.24. The Morgan fingerprint density at radius 1 is 1.58 bits per heavy atom. The summed E-state index contributed by atoms with van der Waals surface area (Å²) in [5.74, 6) is -0.351. The fourth-order valence-electron chi connectivity index (χ4n) is 0.966. The molecule has 3 nitrogen and oxygen atoms in total. The Morgan fingerprint density at radius 3 is 3.00 bits per heavy atom. The molecule has 0 bridgehead atoms. The van der Waals surface area contributed by atoms with E-state index in [1.54, 1.807) is 0 Å². The molecule has 0 aromatic carbocycles. The second-order valence-electron chi connectivity index (χ2n) is 2.27. The molecule has 0 saturated heterocycles. The Hall–Kier alpha value is -0.540. The Morgan fingerprint density at radius 2 is 2.33 bits per heavy atom. The Kier molecular flexibility index (Phi) is 1.85. The van der Waals surface area contributed by atoms with Gasteiger partial charge in [0, 0.05) is 15.9 Å². The zero-order valence-electron chi connectivity index (χ0n) is 5.83. The molecule has 0 radical (unpaired) electrons. The fourth-order valence-corrected chi connectivity index (χ4v) is 1.61. The van der Waals surface area contributed by atoms with Gasteiger partial charge < -0.3 is 0 Å². The van der Waals surface area contributed by atoms with Gasteiger partial charge in [-0.25, -0.2) is 0 Å². The van der Waals surface area contributed by atoms with Crippen LogP contribution in [0.15, 0.2) is 16.7 Å². The Balaban J connectivity index is 2.95. The molecule has 0 saturated carbocycles. The third kappa shape index (κ3) is 1.04. The van der Waals surface area contributed by atoms with Crippen LogP contribution >= 0.6 is 25.3 Å². The van der Waals surface area contributed by atoms with Gasteiger partial charge in [-0.05, 0) is 25.3 Å². The van der Waals surface area contributed by atoms with Crippen molar-refractivity contribution >= 4 is 36.4 Å². The number of halogens is 2. The molecule has 0 spiro atoms. The van der Waals surface area contributed by atoms with Crippen LogP contribution in [0.3, 0.4) is 0 Å². The second-order valence-corrected chi connectivity index (χ2v) is 3.64. The molecule has 0 aliphatic heterocycles. The van der Waals surface area contributed by atoms with Gasteiger partial charge in [0.2, 0.25) is 0 Å². The van der Waals surface area contributed by atoms with Gasteiger partial charge in [-0.2, -0.15) is 9.49 Å². The van der Waals surface area contributed by atoms with Crippen molar-refractivity contribution in [3.63, 3.8) is 0 Å². The first kappa shape index (κ1) is 8.08. The molecule has 1 atom stereocenters. The minimum absolute atomic E-state index is 0.351. The van der Waals surface area contributed by atoms with Gasteiger partial charge in [0.15, 0.2) is 11.6 Å². The van der Waals surface area contributed by atoms with Crippen molar-refractivity contribution in [2.45, 2.75) is 0 Å². The van der Waals surface area contributed by atoms with Crippen molar-refractivity contribution in [2.24, 2.45) is 0 Å². The van der Waals surface area contributed by atoms with Crippen LogP contribution in [0, 0.1) is 5.95 Å². The van der Waals surface area contributed by atoms with E-state index < -0.39 is 0 Å². The molecule has 62 valence electrons. The van der Waals surface area contributed by atoms with E-state index >= 15 is 0 Å². The van der Waals surface area contributed by atoms with Gasteiger partial charge in [-0.15, -0.1) is 5.10 Å². The molecule has 0 N–H and O–H groups in total. The average Bonchev–Trinajstić information content (AvgIpc) is 2.32. The van der Waals surface area contributed by atoms with Gasteiger partial charge >= 0.3 is 0 Å². The summed E-state index contributed by atoms with van der Waals surface area (Å²) in [5.41, 5.74) is 0.506. The number of fused-ring (bicyclic) bond motifs is 1. The Bertz CT molecular complexity index is 442. The molecule has 2 aromatic heterocycles. The largest absolute Gasteiger partial charge is 0.285 e. The maximum atomic E-state index is 13.0. The summed E-state index contributed by atoms with van der Waals surface area (Å²) in [6.45, 7) is 0. The summed E-state index contributed by atoms with van der Waals surface area (Å²) < 4.78 is 15.0. The maximum Gasteiger partial charge on any atom is 0.198 e. The van der Waals surface area contributed by atoms with Gasteiger partial charge in [-0.1, -0.05) is 0 Å². The van der Waals surface area contributed by atoms with Gasteiger partial charge in [0.05, 0.1) is 6.20 Å². The van der Waals surface area contributed by atoms with Crippen LogP contribution in [0.5, 0.6) is 0 Å². The number of hydrogen-bond acceptors (Lipinski definition) is 2. The normalized spacial score (nSPS) is 10.9. The highest BCUT2D eigenvalue weighted by molar-refractivity contribution is 9.10. The van der Waals surface area contributed by atoms with Gasteiger partial charge in [0.25, 0.3) is 0 Å². The van der Waals surface area contributed by atoms with Crippen molar-refractivity contribution in [3.05, 3.63) is 22.7 Å². The third-order valence-electron chi connectivity index (χ3n) is 1.54. The highest BCUT2D eigenvalue weighted by atomic mass is 79.9. The first-order valence-corrected chi connectivity index (χ1v) is 4.44. The smallest absolute Gasteiger partial charge is 0.198 e. The molecule has 6 heteroatoms. The van der Waals surface area contributed by atoms with E-state index in [1.807, 2.05) is 0 Å². The molecule has 12 heavy (non-hydrogen) atoms. The highest BCUT2D eigenvalue weighted by Gasteiger charge is 2.08. The van der Waals surface area contributed by atoms with Crippen molar-refractivity contribution < 1.29 is 4.39 Å². The predicted octanol–water partition coefficient (Wildman–Crippen LogP) is 1.97. The van der Waals surface area contributed by atoms with E-state index in [0.29, 0.717) is 5.65 Å². The minimum Gasteiger partial charge on any atom is -0.285 e. The zero-order valence-corrected chi connectivity index (χ0v) is 8.57. The van der Waals surface area contributed by atoms with Crippen LogP contribution in [0.1, 0.15) is 0 Å². The minimum atomic E-state index is -0.351. The predicted molar refractivity (Wildman–Crippen MR) is 50.3 cm³/mol. The topological polar surface area (TPSA) is 30.7 Å². The van der Waals surface area contributed by atoms with Crippen LogP contribution in [0.4, 0.5) is 4.39 Å². The number of aromatic nitrogens is 3. The molecule has 0 aliphatic carbocycles. The van der Waals surface area contributed by atoms with Crippen LogP contribution in [-0.4, -0.2) is 14.5 Å². The summed E-state index contributed by atoms with van der Waals surface area (Å²) >= 11 is 3.25. The van der Waals surface area contributed by atoms with Crippen molar-refractivity contribution in [1.29, 1.82) is 0 Å². The second kappa shape index (κ2) is 2.75. The summed E-state index contributed by atoms with van der Waals surface area (Å²) in [6, 6.07) is 1.40. The van der Waals surface area contributed by atoms with E-state index in [-0.39, 0.29) is 5.95 Å². The van der Waals surface area contributed by atoms with Crippen LogP contribution in [-0.2, 0) is 0 Å². The van der Waals surface area contributed by atoms with E-state index in [1.165, 1.54) is 16.6 Å². The zero-order chi connectivity index (χ0) is 8.72. The van der Waals surface area contributed by atoms with Gasteiger partial charge in [-0.3, -0.25) is 4.34 Å². The lowest BCUT2D eigenvalue weighted by atomic mass is 10.4. The summed E-state index contributed by atoms with van der Waals surface area (Å²) in [5, 5.41) is 8.19. The lowest BCUT2D eigenvalue weighted by Crippen LogP contribution is -1.87. The molecule has 2 heterocycles. The van der Waals surface area contributed by atoms with E-state index in [2.05, 4.69) is 35.5 Å². The lowest BCUT2D eigenvalue weighted by molar-refractivity contribution is 0.582. The quantitative estimate of drug-likeness (QED) is 0.667. The lowest BCUT2D eigenvalue weighted by Gasteiger charge is -1.93. The molecule has 2 rings (SSSR count). The molecule has 2 aromatic rings. The van der Waals surface area contributed by atoms with Crippen LogP contribution in [0.25, 0.3) is 11.0 Å². The molecular weight excluding hydrogens is 244 g/mol. The summed E-state index contributed by atoms with van der Waals surface area (Å²) in [7, 11) is 2.23. The van der Waals surface area contributed by atoms with Crippen molar-refractivity contribution in [1.82, 2.24) is 14.5 Å². The van der Waals surface area contributed by atoms with Crippen LogP contribution < -0.4 is 0 Å². The standard InChI is InChI=1S/C6H4BrFN3P/c7-4-2-9-10-6-3(4)1-5(8)11(6)12/h1-2H,12H2. The fraction of sp³-hybridized carbons (Fsp3) is 0. The van der Waals surface area contributed by atoms with E-state index in [4.69, 9.17) is 0 Å². The third-order valence-corrected chi connectivity index (χ3v) is 2.67. The molecule has 0 amide bonds. The van der Waals surface area contributed by atoms with Gasteiger partial charge in [0.1, 0.15) is 0 Å². The monoisotopic (exact) mass is 247 g/mol.